The highest BCUT2D eigenvalue weighted by Gasteiger charge is 2.23. The summed E-state index contributed by atoms with van der Waals surface area (Å²) in [6, 6.07) is 7.37. The van der Waals surface area contributed by atoms with Gasteiger partial charge >= 0.3 is 13.6 Å². The molecule has 0 saturated carbocycles. The van der Waals surface area contributed by atoms with Gasteiger partial charge in [0.2, 0.25) is 0 Å². The zero-order valence-corrected chi connectivity index (χ0v) is 14.2. The van der Waals surface area contributed by atoms with Gasteiger partial charge in [-0.25, -0.2) is 4.79 Å². The lowest BCUT2D eigenvalue weighted by Gasteiger charge is -2.16. The summed E-state index contributed by atoms with van der Waals surface area (Å²) in [7, 11) is -3.09. The van der Waals surface area contributed by atoms with E-state index in [0.29, 0.717) is 19.8 Å². The fourth-order valence-corrected chi connectivity index (χ4v) is 3.54. The van der Waals surface area contributed by atoms with Gasteiger partial charge in [-0.3, -0.25) is 4.57 Å². The Labute approximate surface area is 131 Å². The average Bonchev–Trinajstić information content (AvgIpc) is 2.47. The molecule has 0 N–H and O–H groups in total. The van der Waals surface area contributed by atoms with Gasteiger partial charge in [0, 0.05) is 6.08 Å². The van der Waals surface area contributed by atoms with Crippen molar-refractivity contribution in [1.82, 2.24) is 0 Å². The minimum absolute atomic E-state index is 0.233. The Kier molecular flexibility index (Phi) is 8.10. The highest BCUT2D eigenvalue weighted by atomic mass is 31.2. The number of ether oxygens (including phenoxy) is 1. The Bertz CT molecular complexity index is 526. The molecule has 0 heterocycles. The third-order valence-electron chi connectivity index (χ3n) is 2.71. The molecule has 22 heavy (non-hydrogen) atoms. The van der Waals surface area contributed by atoms with E-state index in [2.05, 4.69) is 0 Å². The fraction of sp³-hybridized carbons (Fsp3) is 0.438. The molecule has 0 bridgehead atoms. The summed E-state index contributed by atoms with van der Waals surface area (Å²) in [6.45, 7) is 6.38. The maximum absolute atomic E-state index is 12.4. The quantitative estimate of drug-likeness (QED) is 0.389. The average molecular weight is 326 g/mol. The molecule has 0 radical (unpaired) electrons. The largest absolute Gasteiger partial charge is 0.463 e. The van der Waals surface area contributed by atoms with Crippen LogP contribution in [0.4, 0.5) is 0 Å². The highest BCUT2D eigenvalue weighted by Crippen LogP contribution is 2.51. The molecule has 0 aliphatic heterocycles. The Balaban J connectivity index is 2.71. The summed E-state index contributed by atoms with van der Waals surface area (Å²) in [5, 5.41) is 0. The molecule has 0 atom stereocenters. The first-order valence-corrected chi connectivity index (χ1v) is 9.07. The number of carbonyl (C=O) groups excluding carboxylic acids is 1. The van der Waals surface area contributed by atoms with Crippen molar-refractivity contribution in [2.75, 3.05) is 19.8 Å². The topological polar surface area (TPSA) is 61.8 Å². The molecule has 122 valence electrons. The van der Waals surface area contributed by atoms with Crippen molar-refractivity contribution in [2.24, 2.45) is 0 Å². The number of benzene rings is 1. The van der Waals surface area contributed by atoms with Crippen LogP contribution >= 0.6 is 7.60 Å². The third-order valence-corrected chi connectivity index (χ3v) is 4.76. The molecule has 0 aromatic heterocycles. The Hall–Kier alpha value is -1.42. The van der Waals surface area contributed by atoms with Crippen molar-refractivity contribution in [3.8, 4) is 0 Å². The highest BCUT2D eigenvalue weighted by molar-refractivity contribution is 7.53. The molecule has 0 fully saturated rings. The SMILES string of the molecule is CCOC(=O)/C=C/c1ccc(CP(=O)(OCC)OCC)cc1. The van der Waals surface area contributed by atoms with Crippen LogP contribution < -0.4 is 0 Å². The number of hydrogen-bond donors (Lipinski definition) is 0. The van der Waals surface area contributed by atoms with Crippen molar-refractivity contribution in [2.45, 2.75) is 26.9 Å². The van der Waals surface area contributed by atoms with Crippen LogP contribution in [-0.2, 0) is 29.3 Å². The van der Waals surface area contributed by atoms with Crippen LogP contribution in [-0.4, -0.2) is 25.8 Å². The van der Waals surface area contributed by atoms with Gasteiger partial charge in [-0.15, -0.1) is 0 Å². The number of rotatable bonds is 9. The van der Waals surface area contributed by atoms with Crippen LogP contribution in [0.3, 0.4) is 0 Å². The number of carbonyl (C=O) groups is 1. The van der Waals surface area contributed by atoms with Crippen molar-refractivity contribution in [1.29, 1.82) is 0 Å². The summed E-state index contributed by atoms with van der Waals surface area (Å²) >= 11 is 0. The minimum Gasteiger partial charge on any atom is -0.463 e. The monoisotopic (exact) mass is 326 g/mol. The van der Waals surface area contributed by atoms with E-state index < -0.39 is 7.60 Å². The molecule has 1 aromatic carbocycles. The van der Waals surface area contributed by atoms with Crippen LogP contribution in [0.25, 0.3) is 6.08 Å². The first-order valence-electron chi connectivity index (χ1n) is 7.35. The van der Waals surface area contributed by atoms with Gasteiger partial charge < -0.3 is 13.8 Å². The second-order valence-corrected chi connectivity index (χ2v) is 6.49. The summed E-state index contributed by atoms with van der Waals surface area (Å²) in [5.74, 6) is -0.372. The first-order chi connectivity index (χ1) is 10.5. The van der Waals surface area contributed by atoms with Crippen molar-refractivity contribution in [3.63, 3.8) is 0 Å². The van der Waals surface area contributed by atoms with E-state index in [4.69, 9.17) is 13.8 Å². The smallest absolute Gasteiger partial charge is 0.335 e. The van der Waals surface area contributed by atoms with Crippen LogP contribution in [0.1, 0.15) is 31.9 Å². The van der Waals surface area contributed by atoms with E-state index in [-0.39, 0.29) is 12.1 Å². The minimum atomic E-state index is -3.09. The first kappa shape index (κ1) is 18.6. The molecule has 0 aliphatic carbocycles. The van der Waals surface area contributed by atoms with Gasteiger partial charge in [0.05, 0.1) is 26.0 Å². The molecule has 5 nitrogen and oxygen atoms in total. The third kappa shape index (κ3) is 6.56. The second kappa shape index (κ2) is 9.57. The van der Waals surface area contributed by atoms with E-state index in [1.54, 1.807) is 26.8 Å². The molecule has 0 spiro atoms. The molecule has 0 unspecified atom stereocenters. The standard InChI is InChI=1S/C16H23O5P/c1-4-19-16(17)12-11-14-7-9-15(10-8-14)13-22(18,20-5-2)21-6-3/h7-12H,4-6,13H2,1-3H3/b12-11+. The van der Waals surface area contributed by atoms with Crippen LogP contribution in [0, 0.1) is 0 Å². The van der Waals surface area contributed by atoms with E-state index in [1.807, 2.05) is 24.3 Å². The Morgan fingerprint density at radius 1 is 1.05 bits per heavy atom. The molecule has 0 aliphatic rings. The molecular weight excluding hydrogens is 303 g/mol. The summed E-state index contributed by atoms with van der Waals surface area (Å²) in [5.41, 5.74) is 1.72. The zero-order valence-electron chi connectivity index (χ0n) is 13.3. The normalized spacial score (nSPS) is 11.8. The molecule has 6 heteroatoms. The lowest BCUT2D eigenvalue weighted by atomic mass is 10.1. The van der Waals surface area contributed by atoms with E-state index in [0.717, 1.165) is 11.1 Å². The molecule has 0 saturated heterocycles. The van der Waals surface area contributed by atoms with Crippen LogP contribution in [0.15, 0.2) is 30.3 Å². The van der Waals surface area contributed by atoms with Gasteiger partial charge in [-0.1, -0.05) is 24.3 Å². The molecule has 1 aromatic rings. The second-order valence-electron chi connectivity index (χ2n) is 4.43. The molecule has 0 amide bonds. The van der Waals surface area contributed by atoms with Crippen LogP contribution in [0.5, 0.6) is 0 Å². The van der Waals surface area contributed by atoms with Crippen LogP contribution in [0.2, 0.25) is 0 Å². The lowest BCUT2D eigenvalue weighted by molar-refractivity contribution is -0.137. The fourth-order valence-electron chi connectivity index (χ4n) is 1.83. The number of hydrogen-bond acceptors (Lipinski definition) is 5. The maximum atomic E-state index is 12.4. The number of esters is 1. The van der Waals surface area contributed by atoms with Crippen molar-refractivity contribution >= 4 is 19.6 Å². The van der Waals surface area contributed by atoms with Gasteiger partial charge in [0.15, 0.2) is 0 Å². The summed E-state index contributed by atoms with van der Waals surface area (Å²) in [4.78, 5) is 11.2. The Morgan fingerprint density at radius 2 is 1.64 bits per heavy atom. The van der Waals surface area contributed by atoms with Gasteiger partial charge in [0.25, 0.3) is 0 Å². The van der Waals surface area contributed by atoms with E-state index in [1.165, 1.54) is 6.08 Å². The van der Waals surface area contributed by atoms with E-state index >= 15 is 0 Å². The van der Waals surface area contributed by atoms with Gasteiger partial charge in [-0.05, 0) is 38.0 Å². The predicted octanol–water partition coefficient (Wildman–Crippen LogP) is 4.03. The maximum Gasteiger partial charge on any atom is 0.335 e. The zero-order chi connectivity index (χ0) is 16.4. The molecule has 1 rings (SSSR count). The Morgan fingerprint density at radius 3 is 2.14 bits per heavy atom. The molecular formula is C16H23O5P. The van der Waals surface area contributed by atoms with E-state index in [9.17, 15) is 9.36 Å². The van der Waals surface area contributed by atoms with Crippen molar-refractivity contribution in [3.05, 3.63) is 41.5 Å². The summed E-state index contributed by atoms with van der Waals surface area (Å²) < 4.78 is 27.8. The van der Waals surface area contributed by atoms with Gasteiger partial charge in [0.1, 0.15) is 0 Å². The summed E-state index contributed by atoms with van der Waals surface area (Å²) in [6.07, 6.45) is 3.28. The van der Waals surface area contributed by atoms with Gasteiger partial charge in [-0.2, -0.15) is 0 Å². The van der Waals surface area contributed by atoms with Crippen molar-refractivity contribution < 1.29 is 23.1 Å². The predicted molar refractivity (Wildman–Crippen MR) is 86.7 cm³/mol. The lowest BCUT2D eigenvalue weighted by Crippen LogP contribution is -1.99.